The first kappa shape index (κ1) is 14.1. The Bertz CT molecular complexity index is 434. The third kappa shape index (κ3) is 4.11. The van der Waals surface area contributed by atoms with E-state index in [0.717, 1.165) is 24.8 Å². The van der Waals surface area contributed by atoms with E-state index in [0.29, 0.717) is 5.75 Å². The van der Waals surface area contributed by atoms with Crippen molar-refractivity contribution < 1.29 is 22.6 Å². The fourth-order valence-electron chi connectivity index (χ4n) is 2.17. The molecule has 1 atom stereocenters. The van der Waals surface area contributed by atoms with E-state index in [-0.39, 0.29) is 6.04 Å². The van der Waals surface area contributed by atoms with Crippen LogP contribution >= 0.6 is 0 Å². The lowest BCUT2D eigenvalue weighted by Gasteiger charge is -2.22. The van der Waals surface area contributed by atoms with E-state index >= 15 is 0 Å². The van der Waals surface area contributed by atoms with Crippen LogP contribution in [0, 0.1) is 0 Å². The Morgan fingerprint density at radius 3 is 2.84 bits per heavy atom. The lowest BCUT2D eigenvalue weighted by atomic mass is 9.88. The van der Waals surface area contributed by atoms with Crippen molar-refractivity contribution in [3.05, 3.63) is 29.3 Å². The average Bonchev–Trinajstić information content (AvgIpc) is 2.34. The van der Waals surface area contributed by atoms with Crippen molar-refractivity contribution in [2.45, 2.75) is 31.5 Å². The van der Waals surface area contributed by atoms with E-state index < -0.39 is 19.6 Å². The molecular weight excluding hydrogens is 259 g/mol. The first-order valence-corrected chi connectivity index (χ1v) is 6.11. The molecule has 0 bridgehead atoms. The standard InChI is InChI=1S/C13H16F3NO2/c14-13(15,16)7-18-8-19-10-5-4-9-2-1-3-12(17)11(9)6-10/h4-6,12H,1-3,7-8,17H2/t12-/m0/s1. The van der Waals surface area contributed by atoms with Gasteiger partial charge in [0.2, 0.25) is 0 Å². The molecule has 1 aliphatic rings. The van der Waals surface area contributed by atoms with Gasteiger partial charge in [0.05, 0.1) is 0 Å². The molecule has 2 N–H and O–H groups in total. The van der Waals surface area contributed by atoms with E-state index in [2.05, 4.69) is 4.74 Å². The van der Waals surface area contributed by atoms with Crippen LogP contribution in [0.15, 0.2) is 18.2 Å². The fraction of sp³-hybridized carbons (Fsp3) is 0.538. The van der Waals surface area contributed by atoms with Crippen LogP contribution in [-0.4, -0.2) is 19.6 Å². The summed E-state index contributed by atoms with van der Waals surface area (Å²) in [5, 5.41) is 0. The van der Waals surface area contributed by atoms with Gasteiger partial charge in [-0.25, -0.2) is 0 Å². The number of hydrogen-bond donors (Lipinski definition) is 1. The normalized spacial score (nSPS) is 19.1. The van der Waals surface area contributed by atoms with Gasteiger partial charge in [-0.2, -0.15) is 13.2 Å². The van der Waals surface area contributed by atoms with Crippen molar-refractivity contribution >= 4 is 0 Å². The molecule has 6 heteroatoms. The topological polar surface area (TPSA) is 44.5 Å². The number of fused-ring (bicyclic) bond motifs is 1. The lowest BCUT2D eigenvalue weighted by molar-refractivity contribution is -0.186. The van der Waals surface area contributed by atoms with E-state index in [1.807, 2.05) is 6.07 Å². The zero-order valence-electron chi connectivity index (χ0n) is 10.4. The van der Waals surface area contributed by atoms with Crippen LogP contribution in [-0.2, 0) is 11.2 Å². The molecule has 1 aromatic carbocycles. The highest BCUT2D eigenvalue weighted by molar-refractivity contribution is 5.38. The van der Waals surface area contributed by atoms with Crippen molar-refractivity contribution in [2.24, 2.45) is 5.73 Å². The minimum Gasteiger partial charge on any atom is -0.468 e. The molecule has 19 heavy (non-hydrogen) atoms. The second-order valence-electron chi connectivity index (χ2n) is 4.59. The summed E-state index contributed by atoms with van der Waals surface area (Å²) in [5.41, 5.74) is 8.19. The summed E-state index contributed by atoms with van der Waals surface area (Å²) in [6.07, 6.45) is -1.38. The van der Waals surface area contributed by atoms with Gasteiger partial charge in [-0.15, -0.1) is 0 Å². The fourth-order valence-corrected chi connectivity index (χ4v) is 2.17. The highest BCUT2D eigenvalue weighted by Gasteiger charge is 2.27. The van der Waals surface area contributed by atoms with Crippen LogP contribution in [0.4, 0.5) is 13.2 Å². The number of benzene rings is 1. The van der Waals surface area contributed by atoms with Crippen LogP contribution in [0.1, 0.15) is 30.0 Å². The van der Waals surface area contributed by atoms with Crippen molar-refractivity contribution in [1.29, 1.82) is 0 Å². The molecule has 1 aliphatic carbocycles. The maximum atomic E-state index is 11.9. The van der Waals surface area contributed by atoms with Gasteiger partial charge in [0.15, 0.2) is 6.79 Å². The predicted molar refractivity (Wildman–Crippen MR) is 63.8 cm³/mol. The Balaban J connectivity index is 1.89. The molecule has 106 valence electrons. The number of alkyl halides is 3. The number of ether oxygens (including phenoxy) is 2. The molecule has 0 saturated heterocycles. The summed E-state index contributed by atoms with van der Waals surface area (Å²) in [6, 6.07) is 5.40. The smallest absolute Gasteiger partial charge is 0.411 e. The summed E-state index contributed by atoms with van der Waals surface area (Å²) < 4.78 is 45.1. The Labute approximate surface area is 109 Å². The zero-order valence-corrected chi connectivity index (χ0v) is 10.4. The monoisotopic (exact) mass is 275 g/mol. The van der Waals surface area contributed by atoms with Crippen LogP contribution in [0.25, 0.3) is 0 Å². The Morgan fingerprint density at radius 1 is 1.32 bits per heavy atom. The Kier molecular flexibility index (Phi) is 4.31. The van der Waals surface area contributed by atoms with Crippen LogP contribution < -0.4 is 10.5 Å². The highest BCUT2D eigenvalue weighted by Crippen LogP contribution is 2.30. The number of aryl methyl sites for hydroxylation is 1. The van der Waals surface area contributed by atoms with Crippen LogP contribution in [0.3, 0.4) is 0 Å². The van der Waals surface area contributed by atoms with Crippen LogP contribution in [0.2, 0.25) is 0 Å². The Morgan fingerprint density at radius 2 is 2.11 bits per heavy atom. The van der Waals surface area contributed by atoms with E-state index in [4.69, 9.17) is 10.5 Å². The third-order valence-electron chi connectivity index (χ3n) is 3.05. The summed E-state index contributed by atoms with van der Waals surface area (Å²) in [6.45, 7) is -1.73. The quantitative estimate of drug-likeness (QED) is 0.678. The van der Waals surface area contributed by atoms with E-state index in [9.17, 15) is 13.2 Å². The maximum absolute atomic E-state index is 11.9. The molecule has 0 spiro atoms. The minimum absolute atomic E-state index is 0.0246. The highest BCUT2D eigenvalue weighted by atomic mass is 19.4. The molecule has 1 aromatic rings. The van der Waals surface area contributed by atoms with Gasteiger partial charge in [-0.3, -0.25) is 0 Å². The molecule has 0 fully saturated rings. The van der Waals surface area contributed by atoms with Gasteiger partial charge < -0.3 is 15.2 Å². The molecule has 3 nitrogen and oxygen atoms in total. The second kappa shape index (κ2) is 5.79. The van der Waals surface area contributed by atoms with Crippen molar-refractivity contribution in [1.82, 2.24) is 0 Å². The van der Waals surface area contributed by atoms with Gasteiger partial charge in [-0.05, 0) is 42.5 Å². The number of hydrogen-bond acceptors (Lipinski definition) is 3. The largest absolute Gasteiger partial charge is 0.468 e. The van der Waals surface area contributed by atoms with Gasteiger partial charge in [0.25, 0.3) is 0 Å². The van der Waals surface area contributed by atoms with Gasteiger partial charge in [-0.1, -0.05) is 6.07 Å². The number of rotatable bonds is 4. The SMILES string of the molecule is N[C@H]1CCCc2ccc(OCOCC(F)(F)F)cc21. The second-order valence-corrected chi connectivity index (χ2v) is 4.59. The first-order chi connectivity index (χ1) is 8.96. The molecule has 0 amide bonds. The van der Waals surface area contributed by atoms with Crippen LogP contribution in [0.5, 0.6) is 5.75 Å². The summed E-state index contributed by atoms with van der Waals surface area (Å²) >= 11 is 0. The first-order valence-electron chi connectivity index (χ1n) is 6.11. The summed E-state index contributed by atoms with van der Waals surface area (Å²) in [4.78, 5) is 0. The molecule has 0 aromatic heterocycles. The minimum atomic E-state index is -4.33. The summed E-state index contributed by atoms with van der Waals surface area (Å²) in [7, 11) is 0. The average molecular weight is 275 g/mol. The third-order valence-corrected chi connectivity index (χ3v) is 3.05. The molecule has 0 heterocycles. The molecule has 0 unspecified atom stereocenters. The predicted octanol–water partition coefficient (Wildman–Crippen LogP) is 2.94. The number of nitrogens with two attached hydrogens (primary N) is 1. The van der Waals surface area contributed by atoms with Gasteiger partial charge in [0, 0.05) is 6.04 Å². The molecule has 0 saturated carbocycles. The van der Waals surface area contributed by atoms with Gasteiger partial charge in [0.1, 0.15) is 12.4 Å². The van der Waals surface area contributed by atoms with Gasteiger partial charge >= 0.3 is 6.18 Å². The molecular formula is C13H16F3NO2. The zero-order chi connectivity index (χ0) is 13.9. The molecule has 0 radical (unpaired) electrons. The summed E-state index contributed by atoms with van der Waals surface area (Å²) in [5.74, 6) is 0.485. The Hall–Kier alpha value is -1.27. The van der Waals surface area contributed by atoms with Crippen molar-refractivity contribution in [3.8, 4) is 5.75 Å². The van der Waals surface area contributed by atoms with E-state index in [1.54, 1.807) is 12.1 Å². The number of halogens is 3. The van der Waals surface area contributed by atoms with E-state index in [1.165, 1.54) is 5.56 Å². The molecule has 0 aliphatic heterocycles. The van der Waals surface area contributed by atoms with Crippen molar-refractivity contribution in [2.75, 3.05) is 13.4 Å². The lowest BCUT2D eigenvalue weighted by Crippen LogP contribution is -2.19. The maximum Gasteiger partial charge on any atom is 0.411 e. The molecule has 2 rings (SSSR count). The van der Waals surface area contributed by atoms with Crippen molar-refractivity contribution in [3.63, 3.8) is 0 Å².